The zero-order chi connectivity index (χ0) is 16.7. The van der Waals surface area contributed by atoms with Crippen molar-refractivity contribution in [1.29, 1.82) is 0 Å². The summed E-state index contributed by atoms with van der Waals surface area (Å²) in [5, 5.41) is 5.24. The Labute approximate surface area is 134 Å². The van der Waals surface area contributed by atoms with E-state index in [0.717, 1.165) is 11.8 Å². The number of amides is 2. The van der Waals surface area contributed by atoms with E-state index in [9.17, 15) is 9.59 Å². The van der Waals surface area contributed by atoms with E-state index in [4.69, 9.17) is 4.74 Å². The fraction of sp³-hybridized carbons (Fsp3) is 0.882. The van der Waals surface area contributed by atoms with Gasteiger partial charge in [0.15, 0.2) is 0 Å². The Hall–Kier alpha value is -1.10. The topological polar surface area (TPSA) is 67.4 Å². The highest BCUT2D eigenvalue weighted by molar-refractivity contribution is 5.87. The van der Waals surface area contributed by atoms with E-state index in [1.807, 2.05) is 20.8 Å². The van der Waals surface area contributed by atoms with Crippen LogP contribution in [0.2, 0.25) is 0 Å². The third kappa shape index (κ3) is 4.97. The molecule has 0 aromatic heterocycles. The number of carbonyl (C=O) groups is 2. The zero-order valence-corrected chi connectivity index (χ0v) is 14.6. The van der Waals surface area contributed by atoms with E-state index in [2.05, 4.69) is 10.6 Å². The molecule has 0 aromatic rings. The first-order valence-corrected chi connectivity index (χ1v) is 8.61. The van der Waals surface area contributed by atoms with E-state index in [0.29, 0.717) is 12.5 Å². The second-order valence-electron chi connectivity index (χ2n) is 6.27. The lowest BCUT2D eigenvalue weighted by Crippen LogP contribution is -2.52. The molecule has 2 bridgehead atoms. The van der Waals surface area contributed by atoms with Gasteiger partial charge in [0.05, 0.1) is 12.7 Å². The highest BCUT2D eigenvalue weighted by Crippen LogP contribution is 2.48. The van der Waals surface area contributed by atoms with Crippen LogP contribution in [0.5, 0.6) is 0 Å². The van der Waals surface area contributed by atoms with Gasteiger partial charge in [-0.15, -0.1) is 0 Å². The maximum Gasteiger partial charge on any atom is 0.245 e. The van der Waals surface area contributed by atoms with Crippen LogP contribution in [0, 0.1) is 17.8 Å². The second-order valence-corrected chi connectivity index (χ2v) is 6.27. The molecule has 5 atom stereocenters. The van der Waals surface area contributed by atoms with Crippen molar-refractivity contribution in [3.63, 3.8) is 0 Å². The number of ether oxygens (including phenoxy) is 1. The van der Waals surface area contributed by atoms with E-state index < -0.39 is 6.04 Å². The first-order valence-electron chi connectivity index (χ1n) is 8.61. The quantitative estimate of drug-likeness (QED) is 0.789. The summed E-state index contributed by atoms with van der Waals surface area (Å²) in [6.07, 6.45) is 5.02. The zero-order valence-electron chi connectivity index (χ0n) is 14.6. The molecule has 0 aromatic carbocycles. The smallest absolute Gasteiger partial charge is 0.245 e. The second kappa shape index (κ2) is 9.13. The van der Waals surface area contributed by atoms with Gasteiger partial charge in [0, 0.05) is 14.0 Å². The Bertz CT molecular complexity index is 373. The summed E-state index contributed by atoms with van der Waals surface area (Å²) in [6.45, 7) is 7.97. The predicted molar refractivity (Wildman–Crippen MR) is 87.4 cm³/mol. The van der Waals surface area contributed by atoms with Crippen molar-refractivity contribution >= 4 is 11.8 Å². The van der Waals surface area contributed by atoms with Gasteiger partial charge < -0.3 is 15.4 Å². The number of carbonyl (C=O) groups excluding carboxylic acids is 2. The van der Waals surface area contributed by atoms with E-state index >= 15 is 0 Å². The van der Waals surface area contributed by atoms with Crippen LogP contribution in [0.15, 0.2) is 0 Å². The molecule has 0 aliphatic heterocycles. The molecule has 4 unspecified atom stereocenters. The highest BCUT2D eigenvalue weighted by atomic mass is 16.5. The lowest BCUT2D eigenvalue weighted by Gasteiger charge is -2.27. The van der Waals surface area contributed by atoms with Crippen molar-refractivity contribution in [1.82, 2.24) is 10.6 Å². The maximum absolute atomic E-state index is 11.8. The molecular formula is C17H32N2O3. The molecule has 0 heterocycles. The van der Waals surface area contributed by atoms with E-state index in [1.54, 1.807) is 7.05 Å². The number of rotatable bonds is 6. The van der Waals surface area contributed by atoms with E-state index in [1.165, 1.54) is 32.6 Å². The number of likely N-dealkylation sites (N-methyl/N-ethyl adjacent to an activating group) is 1. The fourth-order valence-electron chi connectivity index (χ4n) is 3.72. The van der Waals surface area contributed by atoms with Crippen LogP contribution in [0.1, 0.15) is 53.4 Å². The summed E-state index contributed by atoms with van der Waals surface area (Å²) in [4.78, 5) is 23.0. The minimum Gasteiger partial charge on any atom is -0.376 e. The molecule has 2 saturated carbocycles. The maximum atomic E-state index is 11.8. The SMILES string of the molecule is CC.CNC(=O)C(NC(C)=O)C(C)OCC1CC2CC[C@@H]1C2. The average Bonchev–Trinajstić information content (AvgIpc) is 3.14. The molecule has 128 valence electrons. The minimum absolute atomic E-state index is 0.208. The molecule has 5 heteroatoms. The summed E-state index contributed by atoms with van der Waals surface area (Å²) in [6, 6.07) is -0.615. The van der Waals surface area contributed by atoms with Crippen molar-refractivity contribution in [2.45, 2.75) is 65.5 Å². The van der Waals surface area contributed by atoms with Crippen LogP contribution < -0.4 is 10.6 Å². The number of nitrogens with one attached hydrogen (secondary N) is 2. The lowest BCUT2D eigenvalue weighted by atomic mass is 9.89. The molecule has 0 spiro atoms. The van der Waals surface area contributed by atoms with Crippen LogP contribution >= 0.6 is 0 Å². The summed E-state index contributed by atoms with van der Waals surface area (Å²) < 4.78 is 5.89. The van der Waals surface area contributed by atoms with Crippen molar-refractivity contribution in [3.8, 4) is 0 Å². The molecule has 0 saturated heterocycles. The van der Waals surface area contributed by atoms with Gasteiger partial charge in [0.25, 0.3) is 0 Å². The minimum atomic E-state index is -0.615. The molecule has 2 aliphatic rings. The highest BCUT2D eigenvalue weighted by Gasteiger charge is 2.40. The number of hydrogen-bond acceptors (Lipinski definition) is 3. The standard InChI is InChI=1S/C15H26N2O3.C2H6/c1-9(14(15(19)16-3)17-10(2)18)20-8-13-7-11-4-5-12(13)6-11;1-2/h9,11-14H,4-8H2,1-3H3,(H,16,19)(H,17,18);1-2H3/t9?,11?,12-,13?,14?;/m1./s1. The first kappa shape index (κ1) is 18.9. The van der Waals surface area contributed by atoms with Crippen molar-refractivity contribution in [2.75, 3.05) is 13.7 Å². The summed E-state index contributed by atoms with van der Waals surface area (Å²) in [7, 11) is 1.57. The van der Waals surface area contributed by atoms with Crippen LogP contribution in [-0.2, 0) is 14.3 Å². The first-order chi connectivity index (χ1) is 10.5. The average molecular weight is 312 g/mol. The molecular weight excluding hydrogens is 280 g/mol. The van der Waals surface area contributed by atoms with Gasteiger partial charge in [-0.2, -0.15) is 0 Å². The van der Waals surface area contributed by atoms with Crippen molar-refractivity contribution in [2.24, 2.45) is 17.8 Å². The van der Waals surface area contributed by atoms with E-state index in [-0.39, 0.29) is 17.9 Å². The van der Waals surface area contributed by atoms with Crippen LogP contribution in [0.25, 0.3) is 0 Å². The summed E-state index contributed by atoms with van der Waals surface area (Å²) >= 11 is 0. The van der Waals surface area contributed by atoms with Gasteiger partial charge in [-0.3, -0.25) is 9.59 Å². The molecule has 2 N–H and O–H groups in total. The molecule has 5 nitrogen and oxygen atoms in total. The molecule has 2 fully saturated rings. The Kier molecular flexibility index (Phi) is 7.87. The summed E-state index contributed by atoms with van der Waals surface area (Å²) in [5.74, 6) is 1.92. The molecule has 2 amide bonds. The summed E-state index contributed by atoms with van der Waals surface area (Å²) in [5.41, 5.74) is 0. The third-order valence-corrected chi connectivity index (χ3v) is 4.81. The lowest BCUT2D eigenvalue weighted by molar-refractivity contribution is -0.132. The van der Waals surface area contributed by atoms with Crippen molar-refractivity contribution in [3.05, 3.63) is 0 Å². The molecule has 22 heavy (non-hydrogen) atoms. The van der Waals surface area contributed by atoms with Crippen LogP contribution in [0.3, 0.4) is 0 Å². The Morgan fingerprint density at radius 2 is 1.91 bits per heavy atom. The van der Waals surface area contributed by atoms with Gasteiger partial charge in [0.2, 0.25) is 11.8 Å². The number of fused-ring (bicyclic) bond motifs is 2. The Balaban J connectivity index is 0.00000116. The predicted octanol–water partition coefficient (Wildman–Crippen LogP) is 2.10. The fourth-order valence-corrected chi connectivity index (χ4v) is 3.72. The monoisotopic (exact) mass is 312 g/mol. The van der Waals surface area contributed by atoms with Gasteiger partial charge in [-0.05, 0) is 43.9 Å². The Morgan fingerprint density at radius 3 is 2.36 bits per heavy atom. The van der Waals surface area contributed by atoms with Crippen LogP contribution in [-0.4, -0.2) is 37.6 Å². The van der Waals surface area contributed by atoms with Crippen molar-refractivity contribution < 1.29 is 14.3 Å². The Morgan fingerprint density at radius 1 is 1.23 bits per heavy atom. The third-order valence-electron chi connectivity index (χ3n) is 4.81. The molecule has 2 aliphatic carbocycles. The van der Waals surface area contributed by atoms with Gasteiger partial charge in [-0.25, -0.2) is 0 Å². The molecule has 0 radical (unpaired) electrons. The van der Waals surface area contributed by atoms with Gasteiger partial charge >= 0.3 is 0 Å². The largest absolute Gasteiger partial charge is 0.376 e. The number of hydrogen-bond donors (Lipinski definition) is 2. The van der Waals surface area contributed by atoms with Gasteiger partial charge in [-0.1, -0.05) is 20.3 Å². The normalized spacial score (nSPS) is 28.3. The molecule has 2 rings (SSSR count). The van der Waals surface area contributed by atoms with Crippen LogP contribution in [0.4, 0.5) is 0 Å². The van der Waals surface area contributed by atoms with Gasteiger partial charge in [0.1, 0.15) is 6.04 Å².